The molecular formula is C41H62N4O11. The molecule has 1 N–H and O–H groups in total. The Balaban J connectivity index is 1.52. The number of esters is 1. The predicted molar refractivity (Wildman–Crippen MR) is 203 cm³/mol. The zero-order valence-electron chi connectivity index (χ0n) is 34.6. The number of Topliss-reactive ketones (excluding diaryl/α,β-unsaturated/α-hetero) is 1. The first-order chi connectivity index (χ1) is 26.5. The first kappa shape index (κ1) is 42.4. The molecular weight excluding hydrogens is 724 g/mol. The Bertz CT molecular complexity index is 1600. The van der Waals surface area contributed by atoms with E-state index in [0.29, 0.717) is 24.2 Å². The number of rotatable bonds is 7. The molecule has 0 aromatic carbocycles. The third-order valence-electron chi connectivity index (χ3n) is 12.9. The van der Waals surface area contributed by atoms with E-state index in [-0.39, 0.29) is 50.7 Å². The summed E-state index contributed by atoms with van der Waals surface area (Å²) in [6.07, 6.45) is -2.61. The van der Waals surface area contributed by atoms with Crippen molar-refractivity contribution in [1.29, 1.82) is 0 Å². The molecule has 1 aromatic heterocycles. The number of carbonyl (C=O) groups excluding carboxylic acids is 3. The SMILES string of the molecule is CC[C@H]1OC(=O)[C@H](C)[C@H]2OCC3COC(C)(C[C@@H](C)C(=O)[C@H](C)[C@@H]4N(C/C3=N/OCc3ccccn3)C(=O)OC41C)[C@H](O[C@@H]1O[C@H](C)C[C@H](N(C)C)[C@H]1O)[C@H]2C. The number of nitrogens with zero attached hydrogens (tertiary/aromatic N) is 4. The quantitative estimate of drug-likeness (QED) is 0.312. The van der Waals surface area contributed by atoms with E-state index < -0.39 is 89.6 Å². The van der Waals surface area contributed by atoms with E-state index in [1.165, 1.54) is 4.90 Å². The molecule has 5 saturated heterocycles. The minimum Gasteiger partial charge on any atom is -0.458 e. The zero-order valence-corrected chi connectivity index (χ0v) is 34.6. The van der Waals surface area contributed by atoms with Crippen LogP contribution in [0.2, 0.25) is 0 Å². The normalized spacial score (nSPS) is 43.1. The van der Waals surface area contributed by atoms with E-state index in [2.05, 4.69) is 10.1 Å². The van der Waals surface area contributed by atoms with Crippen LogP contribution in [0.3, 0.4) is 0 Å². The summed E-state index contributed by atoms with van der Waals surface area (Å²) >= 11 is 0. The van der Waals surface area contributed by atoms with Crippen LogP contribution < -0.4 is 0 Å². The monoisotopic (exact) mass is 786 g/mol. The van der Waals surface area contributed by atoms with Gasteiger partial charge < -0.3 is 43.3 Å². The van der Waals surface area contributed by atoms with Gasteiger partial charge in [0.05, 0.1) is 67.0 Å². The second-order valence-electron chi connectivity index (χ2n) is 17.3. The molecule has 15 heteroatoms. The van der Waals surface area contributed by atoms with Gasteiger partial charge >= 0.3 is 12.1 Å². The van der Waals surface area contributed by atoms with E-state index in [4.69, 9.17) is 33.3 Å². The number of ether oxygens (including phenoxy) is 6. The number of fused-ring (bicyclic) bond motifs is 5. The number of ketones is 1. The lowest BCUT2D eigenvalue weighted by Gasteiger charge is -2.48. The molecule has 5 aliphatic rings. The summed E-state index contributed by atoms with van der Waals surface area (Å²) < 4.78 is 39.6. The number of oxime groups is 1. The van der Waals surface area contributed by atoms with E-state index in [1.807, 2.05) is 71.8 Å². The van der Waals surface area contributed by atoms with Crippen LogP contribution in [0.25, 0.3) is 0 Å². The molecule has 0 saturated carbocycles. The molecule has 0 spiro atoms. The highest BCUT2D eigenvalue weighted by molar-refractivity contribution is 5.92. The van der Waals surface area contributed by atoms with Gasteiger partial charge in [-0.1, -0.05) is 38.9 Å². The Hall–Kier alpha value is -3.21. The highest BCUT2D eigenvalue weighted by atomic mass is 16.7. The topological polar surface area (TPSA) is 168 Å². The van der Waals surface area contributed by atoms with Gasteiger partial charge in [0.2, 0.25) is 0 Å². The maximum absolute atomic E-state index is 14.8. The highest BCUT2D eigenvalue weighted by Gasteiger charge is 2.61. The third-order valence-corrected chi connectivity index (χ3v) is 12.9. The van der Waals surface area contributed by atoms with Crippen LogP contribution >= 0.6 is 0 Å². The summed E-state index contributed by atoms with van der Waals surface area (Å²) in [4.78, 5) is 57.0. The number of aliphatic hydroxyl groups excluding tert-OH is 1. The average molecular weight is 787 g/mol. The molecule has 1 aromatic rings. The molecule has 6 bridgehead atoms. The van der Waals surface area contributed by atoms with E-state index in [0.717, 1.165) is 0 Å². The van der Waals surface area contributed by atoms with Crippen molar-refractivity contribution in [1.82, 2.24) is 14.8 Å². The molecule has 6 heterocycles. The van der Waals surface area contributed by atoms with Gasteiger partial charge in [-0.15, -0.1) is 0 Å². The second-order valence-corrected chi connectivity index (χ2v) is 17.3. The Kier molecular flexibility index (Phi) is 12.8. The molecule has 0 aliphatic carbocycles. The number of likely N-dealkylation sites (N-methyl/N-ethyl adjacent to an activating group) is 1. The summed E-state index contributed by atoms with van der Waals surface area (Å²) in [7, 11) is 3.83. The van der Waals surface area contributed by atoms with Gasteiger partial charge in [0, 0.05) is 35.9 Å². The Morgan fingerprint density at radius 3 is 2.50 bits per heavy atom. The van der Waals surface area contributed by atoms with Crippen LogP contribution in [-0.4, -0.2) is 137 Å². The first-order valence-corrected chi connectivity index (χ1v) is 20.2. The van der Waals surface area contributed by atoms with Gasteiger partial charge in [-0.05, 0) is 73.2 Å². The predicted octanol–water partition coefficient (Wildman–Crippen LogP) is 3.99. The van der Waals surface area contributed by atoms with E-state index in [1.54, 1.807) is 27.0 Å². The fraction of sp³-hybridized carbons (Fsp3) is 0.780. The fourth-order valence-electron chi connectivity index (χ4n) is 9.85. The zero-order chi connectivity index (χ0) is 40.7. The van der Waals surface area contributed by atoms with Crippen LogP contribution in [0.5, 0.6) is 0 Å². The average Bonchev–Trinajstić information content (AvgIpc) is 3.43. The molecule has 15 nitrogen and oxygen atoms in total. The van der Waals surface area contributed by atoms with Crippen LogP contribution in [0.1, 0.15) is 80.3 Å². The Morgan fingerprint density at radius 1 is 1.07 bits per heavy atom. The van der Waals surface area contributed by atoms with Gasteiger partial charge in [-0.2, -0.15) is 0 Å². The maximum Gasteiger partial charge on any atom is 0.411 e. The van der Waals surface area contributed by atoms with Gasteiger partial charge in [-0.3, -0.25) is 19.5 Å². The maximum atomic E-state index is 14.8. The molecule has 312 valence electrons. The van der Waals surface area contributed by atoms with Gasteiger partial charge in [0.1, 0.15) is 18.0 Å². The number of amides is 1. The lowest BCUT2D eigenvalue weighted by molar-refractivity contribution is -0.302. The molecule has 56 heavy (non-hydrogen) atoms. The number of aliphatic hydroxyl groups is 1. The fourth-order valence-corrected chi connectivity index (χ4v) is 9.85. The van der Waals surface area contributed by atoms with Crippen molar-refractivity contribution in [3.05, 3.63) is 30.1 Å². The van der Waals surface area contributed by atoms with Gasteiger partial charge in [0.25, 0.3) is 0 Å². The van der Waals surface area contributed by atoms with Crippen molar-refractivity contribution in [3.8, 4) is 0 Å². The molecule has 3 unspecified atom stereocenters. The number of hydrogen-bond acceptors (Lipinski definition) is 14. The second kappa shape index (κ2) is 16.9. The smallest absolute Gasteiger partial charge is 0.411 e. The Labute approximate surface area is 330 Å². The standard InChI is InChI=1S/C41H62N4O11/c1-11-31-41(8)35-24(4)32(46)22(2)17-40(7)36(55-38-33(47)30(44(9)10)16-23(3)53-38)25(5)34(26(6)37(48)54-31)50-19-27(20-51-40)29(18-45(35)39(49)56-41)43-52-21-28-14-12-13-15-42-28/h12-15,22-27,30-31,33-36,38,47H,11,16-21H2,1-10H3/b43-29-/t22-,23-,24+,25+,26-,27?,30+,31-,33-,34+,35+,36-,38+,40?,41?/m1/s1. The summed E-state index contributed by atoms with van der Waals surface area (Å²) in [5, 5.41) is 16.3. The van der Waals surface area contributed by atoms with Crippen molar-refractivity contribution in [2.24, 2.45) is 34.7 Å². The molecule has 15 atom stereocenters. The summed E-state index contributed by atoms with van der Waals surface area (Å²) in [5.41, 5.74) is -1.46. The van der Waals surface area contributed by atoms with Crippen molar-refractivity contribution >= 4 is 23.6 Å². The number of pyridine rings is 1. The molecule has 5 aliphatic heterocycles. The van der Waals surface area contributed by atoms with Crippen molar-refractivity contribution in [2.75, 3.05) is 33.9 Å². The van der Waals surface area contributed by atoms with Crippen molar-refractivity contribution in [2.45, 2.75) is 141 Å². The lowest BCUT2D eigenvalue weighted by Crippen LogP contribution is -2.61. The minimum absolute atomic E-state index is 0.0457. The van der Waals surface area contributed by atoms with Crippen LogP contribution in [0.4, 0.5) is 4.79 Å². The van der Waals surface area contributed by atoms with Crippen molar-refractivity contribution in [3.63, 3.8) is 0 Å². The molecule has 1 amide bonds. The lowest BCUT2D eigenvalue weighted by atomic mass is 9.73. The van der Waals surface area contributed by atoms with Crippen LogP contribution in [0, 0.1) is 29.6 Å². The van der Waals surface area contributed by atoms with Crippen LogP contribution in [0.15, 0.2) is 29.6 Å². The molecule has 6 rings (SSSR count). The third kappa shape index (κ3) is 8.22. The summed E-state index contributed by atoms with van der Waals surface area (Å²) in [6, 6.07) is 4.43. The number of hydrogen-bond donors (Lipinski definition) is 1. The number of cyclic esters (lactones) is 1. The largest absolute Gasteiger partial charge is 0.458 e. The highest BCUT2D eigenvalue weighted by Crippen LogP contribution is 2.45. The molecule has 5 fully saturated rings. The molecule has 0 radical (unpaired) electrons. The van der Waals surface area contributed by atoms with E-state index >= 15 is 0 Å². The minimum atomic E-state index is -1.38. The number of aromatic nitrogens is 1. The van der Waals surface area contributed by atoms with E-state index in [9.17, 15) is 19.5 Å². The van der Waals surface area contributed by atoms with Crippen LogP contribution in [-0.2, 0) is 49.5 Å². The van der Waals surface area contributed by atoms with Gasteiger partial charge in [0.15, 0.2) is 18.5 Å². The first-order valence-electron chi connectivity index (χ1n) is 20.2. The Morgan fingerprint density at radius 2 is 1.82 bits per heavy atom. The summed E-state index contributed by atoms with van der Waals surface area (Å²) in [6.45, 7) is 15.0. The van der Waals surface area contributed by atoms with Gasteiger partial charge in [-0.25, -0.2) is 4.79 Å². The number of carbonyl (C=O) groups is 3. The summed E-state index contributed by atoms with van der Waals surface area (Å²) in [5.74, 6) is -3.94. The van der Waals surface area contributed by atoms with Crippen molar-refractivity contribution < 1.29 is 52.7 Å².